The van der Waals surface area contributed by atoms with Gasteiger partial charge in [-0.15, -0.1) is 0 Å². The molecule has 0 aliphatic carbocycles. The Hall–Kier alpha value is -3.23. The summed E-state index contributed by atoms with van der Waals surface area (Å²) in [4.78, 5) is 26.4. The van der Waals surface area contributed by atoms with Gasteiger partial charge < -0.3 is 14.8 Å². The largest absolute Gasteiger partial charge is 0.496 e. The summed E-state index contributed by atoms with van der Waals surface area (Å²) >= 11 is 0. The highest BCUT2D eigenvalue weighted by atomic mass is 16.5. The summed E-state index contributed by atoms with van der Waals surface area (Å²) in [7, 11) is 1.67. The van der Waals surface area contributed by atoms with E-state index >= 15 is 0 Å². The van der Waals surface area contributed by atoms with Crippen LogP contribution in [0, 0.1) is 0 Å². The number of nitrogens with one attached hydrogen (secondary N) is 2. The number of carbonyl (C=O) groups is 2. The second kappa shape index (κ2) is 14.1. The first-order chi connectivity index (χ1) is 16.7. The minimum Gasteiger partial charge on any atom is -0.496 e. The summed E-state index contributed by atoms with van der Waals surface area (Å²) in [6.45, 7) is 4.67. The zero-order valence-corrected chi connectivity index (χ0v) is 19.8. The fourth-order valence-corrected chi connectivity index (χ4v) is 3.72. The minimum atomic E-state index is -0.119. The Balaban J connectivity index is 1.34. The first kappa shape index (κ1) is 25.4. The number of methoxy groups -OCH3 is 1. The lowest BCUT2D eigenvalue weighted by Gasteiger charge is -2.27. The molecule has 1 aliphatic heterocycles. The molecule has 0 aromatic heterocycles. The number of carbonyl (C=O) groups excluding carboxylic acids is 2. The van der Waals surface area contributed by atoms with E-state index in [0.717, 1.165) is 69.0 Å². The third-order valence-electron chi connectivity index (χ3n) is 5.61. The van der Waals surface area contributed by atoms with Gasteiger partial charge in [-0.3, -0.25) is 14.5 Å². The molecule has 8 nitrogen and oxygen atoms in total. The summed E-state index contributed by atoms with van der Waals surface area (Å²) in [6.07, 6.45) is 4.48. The molecular formula is C26H34N4O4. The zero-order chi connectivity index (χ0) is 24.0. The molecule has 2 N–H and O–H groups in total. The van der Waals surface area contributed by atoms with Gasteiger partial charge >= 0.3 is 0 Å². The zero-order valence-electron chi connectivity index (χ0n) is 19.8. The minimum absolute atomic E-state index is 0.0701. The summed E-state index contributed by atoms with van der Waals surface area (Å²) in [5.74, 6) is 0.651. The van der Waals surface area contributed by atoms with E-state index in [1.165, 1.54) is 0 Å². The van der Waals surface area contributed by atoms with Crippen LogP contribution in [0.15, 0.2) is 53.6 Å². The van der Waals surface area contributed by atoms with Crippen molar-refractivity contribution in [2.24, 2.45) is 5.10 Å². The number of ether oxygens (including phenoxy) is 2. The number of morpholine rings is 1. The summed E-state index contributed by atoms with van der Waals surface area (Å²) in [5, 5.41) is 7.00. The Morgan fingerprint density at radius 1 is 1.09 bits per heavy atom. The molecular weight excluding hydrogens is 432 g/mol. The van der Waals surface area contributed by atoms with E-state index in [9.17, 15) is 9.59 Å². The number of rotatable bonds is 12. The van der Waals surface area contributed by atoms with Crippen LogP contribution in [-0.4, -0.2) is 62.9 Å². The number of unbranched alkanes of at least 4 members (excludes halogenated alkanes) is 2. The number of hydrogen-bond donors (Lipinski definition) is 2. The summed E-state index contributed by atoms with van der Waals surface area (Å²) in [6, 6.07) is 15.0. The van der Waals surface area contributed by atoms with Crippen molar-refractivity contribution in [2.75, 3.05) is 40.0 Å². The maximum atomic E-state index is 12.1. The smallest absolute Gasteiger partial charge is 0.251 e. The highest BCUT2D eigenvalue weighted by Gasteiger charge is 2.13. The third-order valence-corrected chi connectivity index (χ3v) is 5.61. The van der Waals surface area contributed by atoms with Crippen LogP contribution in [-0.2, 0) is 16.1 Å². The van der Waals surface area contributed by atoms with Gasteiger partial charge in [-0.2, -0.15) is 5.10 Å². The molecule has 1 saturated heterocycles. The van der Waals surface area contributed by atoms with Gasteiger partial charge in [0.15, 0.2) is 0 Å². The van der Waals surface area contributed by atoms with Crippen molar-refractivity contribution >= 4 is 18.0 Å². The monoisotopic (exact) mass is 466 g/mol. The van der Waals surface area contributed by atoms with Gasteiger partial charge in [0, 0.05) is 43.7 Å². The Bertz CT molecular complexity index is 943. The molecule has 2 aromatic rings. The van der Waals surface area contributed by atoms with E-state index in [1.54, 1.807) is 25.5 Å². The number of amides is 2. The SMILES string of the molecule is COc1ccc(C=NNC(=O)CCCCCNC(=O)c2ccccc2)cc1CN1CCOCC1. The van der Waals surface area contributed by atoms with Crippen molar-refractivity contribution in [1.29, 1.82) is 0 Å². The maximum Gasteiger partial charge on any atom is 0.251 e. The quantitative estimate of drug-likeness (QED) is 0.285. The van der Waals surface area contributed by atoms with Gasteiger partial charge in [0.1, 0.15) is 5.75 Å². The molecule has 2 aromatic carbocycles. The molecule has 0 spiro atoms. The lowest BCUT2D eigenvalue weighted by molar-refractivity contribution is -0.121. The van der Waals surface area contributed by atoms with Crippen LogP contribution in [0.25, 0.3) is 0 Å². The number of hydrazone groups is 1. The Morgan fingerprint density at radius 2 is 1.88 bits per heavy atom. The molecule has 1 aliphatic rings. The molecule has 0 unspecified atom stereocenters. The summed E-state index contributed by atoms with van der Waals surface area (Å²) in [5.41, 5.74) is 5.23. The van der Waals surface area contributed by atoms with Crippen molar-refractivity contribution in [1.82, 2.24) is 15.6 Å². The molecule has 3 rings (SSSR count). The average molecular weight is 467 g/mol. The molecule has 182 valence electrons. The average Bonchev–Trinajstić information content (AvgIpc) is 2.87. The highest BCUT2D eigenvalue weighted by molar-refractivity contribution is 5.94. The van der Waals surface area contributed by atoms with Gasteiger partial charge in [0.2, 0.25) is 5.91 Å². The van der Waals surface area contributed by atoms with Crippen molar-refractivity contribution in [3.05, 3.63) is 65.2 Å². The van der Waals surface area contributed by atoms with Gasteiger partial charge in [-0.25, -0.2) is 5.43 Å². The van der Waals surface area contributed by atoms with Crippen LogP contribution in [0.2, 0.25) is 0 Å². The van der Waals surface area contributed by atoms with Gasteiger partial charge in [0.25, 0.3) is 5.91 Å². The van der Waals surface area contributed by atoms with E-state index in [-0.39, 0.29) is 11.8 Å². The molecule has 0 bridgehead atoms. The molecule has 0 radical (unpaired) electrons. The number of benzene rings is 2. The van der Waals surface area contributed by atoms with Crippen LogP contribution in [0.1, 0.15) is 47.2 Å². The first-order valence-electron chi connectivity index (χ1n) is 11.8. The fourth-order valence-electron chi connectivity index (χ4n) is 3.72. The molecule has 1 heterocycles. The first-order valence-corrected chi connectivity index (χ1v) is 11.8. The van der Waals surface area contributed by atoms with Crippen molar-refractivity contribution in [3.63, 3.8) is 0 Å². The van der Waals surface area contributed by atoms with E-state index < -0.39 is 0 Å². The maximum absolute atomic E-state index is 12.1. The lowest BCUT2D eigenvalue weighted by atomic mass is 10.1. The fraction of sp³-hybridized carbons (Fsp3) is 0.423. The van der Waals surface area contributed by atoms with Gasteiger partial charge in [-0.1, -0.05) is 24.6 Å². The van der Waals surface area contributed by atoms with Crippen molar-refractivity contribution in [3.8, 4) is 5.75 Å². The van der Waals surface area contributed by atoms with Gasteiger partial charge in [0.05, 0.1) is 26.5 Å². The molecule has 8 heteroatoms. The second-order valence-electron chi connectivity index (χ2n) is 8.19. The number of nitrogens with zero attached hydrogens (tertiary/aromatic N) is 2. The Morgan fingerprint density at radius 3 is 2.65 bits per heavy atom. The van der Waals surface area contributed by atoms with Crippen molar-refractivity contribution in [2.45, 2.75) is 32.2 Å². The lowest BCUT2D eigenvalue weighted by Crippen LogP contribution is -2.35. The van der Waals surface area contributed by atoms with E-state index in [0.29, 0.717) is 18.5 Å². The van der Waals surface area contributed by atoms with Crippen LogP contribution >= 0.6 is 0 Å². The van der Waals surface area contributed by atoms with E-state index in [1.807, 2.05) is 36.4 Å². The second-order valence-corrected chi connectivity index (χ2v) is 8.19. The predicted molar refractivity (Wildman–Crippen MR) is 132 cm³/mol. The third kappa shape index (κ3) is 8.61. The number of hydrogen-bond acceptors (Lipinski definition) is 6. The van der Waals surface area contributed by atoms with Crippen LogP contribution in [0.3, 0.4) is 0 Å². The predicted octanol–water partition coefficient (Wildman–Crippen LogP) is 2.97. The molecule has 0 atom stereocenters. The Kier molecular flexibility index (Phi) is 10.5. The van der Waals surface area contributed by atoms with Crippen molar-refractivity contribution < 1.29 is 19.1 Å². The molecule has 34 heavy (non-hydrogen) atoms. The van der Waals surface area contributed by atoms with Gasteiger partial charge in [-0.05, 0) is 48.7 Å². The van der Waals surface area contributed by atoms with Crippen LogP contribution in [0.5, 0.6) is 5.75 Å². The molecule has 0 saturated carbocycles. The topological polar surface area (TPSA) is 92.3 Å². The molecule has 1 fully saturated rings. The van der Waals surface area contributed by atoms with Crippen LogP contribution < -0.4 is 15.5 Å². The standard InChI is InChI=1S/C26H34N4O4/c1-33-24-12-11-21(18-23(24)20-30-14-16-34-17-15-30)19-28-29-25(31)10-6-3-7-13-27-26(32)22-8-4-2-5-9-22/h2,4-5,8-9,11-12,18-19H,3,6-7,10,13-17,20H2,1H3,(H,27,32)(H,29,31). The van der Waals surface area contributed by atoms with Crippen LogP contribution in [0.4, 0.5) is 0 Å². The highest BCUT2D eigenvalue weighted by Crippen LogP contribution is 2.21. The Labute approximate surface area is 201 Å². The van der Waals surface area contributed by atoms with E-state index in [4.69, 9.17) is 9.47 Å². The normalized spacial score (nSPS) is 14.1. The molecule has 2 amide bonds. The van der Waals surface area contributed by atoms with E-state index in [2.05, 4.69) is 20.7 Å². The summed E-state index contributed by atoms with van der Waals surface area (Å²) < 4.78 is 10.9.